The molecule has 12 heteroatoms. The van der Waals surface area contributed by atoms with Gasteiger partial charge in [-0.25, -0.2) is 9.79 Å². The average Bonchev–Trinajstić information content (AvgIpc) is 3.11. The summed E-state index contributed by atoms with van der Waals surface area (Å²) >= 11 is 0. The van der Waals surface area contributed by atoms with Gasteiger partial charge in [-0.15, -0.1) is 0 Å². The Bertz CT molecular complexity index is 659. The molecule has 0 spiro atoms. The van der Waals surface area contributed by atoms with Crippen LogP contribution >= 0.6 is 0 Å². The van der Waals surface area contributed by atoms with Gasteiger partial charge in [-0.1, -0.05) is 0 Å². The largest absolute Gasteiger partial charge is 0.509 e. The molecular weight excluding hydrogens is 340 g/mol. The lowest BCUT2D eigenvalue weighted by molar-refractivity contribution is -0.157. The molecule has 0 aliphatic carbocycles. The third-order valence-electron chi connectivity index (χ3n) is 3.72. The quantitative estimate of drug-likeness (QED) is 0.400. The molecule has 0 amide bonds. The van der Waals surface area contributed by atoms with Gasteiger partial charge in [-0.2, -0.15) is 5.26 Å². The molecule has 0 radical (unpaired) electrons. The van der Waals surface area contributed by atoms with E-state index in [1.807, 2.05) is 0 Å². The second kappa shape index (κ2) is 6.93. The van der Waals surface area contributed by atoms with E-state index in [0.29, 0.717) is 0 Å². The molecule has 3 heterocycles. The summed E-state index contributed by atoms with van der Waals surface area (Å²) in [5.74, 6) is -0.711. The Morgan fingerprint density at radius 3 is 2.92 bits per heavy atom. The van der Waals surface area contributed by atoms with Gasteiger partial charge in [0.25, 0.3) is 0 Å². The smallest absolute Gasteiger partial charge is 0.462 e. The highest BCUT2D eigenvalue weighted by Gasteiger charge is 2.57. The van der Waals surface area contributed by atoms with Gasteiger partial charge in [0.15, 0.2) is 24.3 Å². The van der Waals surface area contributed by atoms with E-state index in [4.69, 9.17) is 29.4 Å². The van der Waals surface area contributed by atoms with Crippen molar-refractivity contribution in [3.8, 4) is 6.07 Å². The zero-order valence-corrected chi connectivity index (χ0v) is 12.6. The van der Waals surface area contributed by atoms with Crippen molar-refractivity contribution in [2.24, 2.45) is 4.99 Å². The minimum absolute atomic E-state index is 0.0277. The predicted octanol–water partition coefficient (Wildman–Crippen LogP) is -1.45. The fraction of sp³-hybridized carbons (Fsp3) is 0.538. The molecule has 3 rings (SSSR count). The Morgan fingerprint density at radius 2 is 2.24 bits per heavy atom. The van der Waals surface area contributed by atoms with E-state index in [0.717, 1.165) is 0 Å². The molecule has 134 valence electrons. The fourth-order valence-electron chi connectivity index (χ4n) is 2.64. The van der Waals surface area contributed by atoms with Crippen LogP contribution in [0.3, 0.4) is 0 Å². The third kappa shape index (κ3) is 3.33. The van der Waals surface area contributed by atoms with Crippen LogP contribution in [-0.4, -0.2) is 70.7 Å². The van der Waals surface area contributed by atoms with Gasteiger partial charge in [0.1, 0.15) is 19.1 Å². The van der Waals surface area contributed by atoms with Crippen molar-refractivity contribution in [2.45, 2.75) is 37.3 Å². The standard InChI is InChI=1S/C13H14N4O8/c14-3-1-8(18)22-5-6-9-10(25-13(20)24-9)11(23-6)17-4-2-7(16-21)15-12(17)19/h2,4,6,9-12,19,21H,1,5H2,(H,15,16)/t6-,9-,10-,11-,12?/m1/s1. The summed E-state index contributed by atoms with van der Waals surface area (Å²) in [7, 11) is 0. The van der Waals surface area contributed by atoms with Crippen LogP contribution in [-0.2, 0) is 23.7 Å². The fourth-order valence-corrected chi connectivity index (χ4v) is 2.64. The van der Waals surface area contributed by atoms with Crippen molar-refractivity contribution in [1.29, 1.82) is 5.26 Å². The van der Waals surface area contributed by atoms with Crippen LogP contribution in [0.25, 0.3) is 0 Å². The van der Waals surface area contributed by atoms with Crippen molar-refractivity contribution >= 4 is 18.0 Å². The number of ether oxygens (including phenoxy) is 4. The summed E-state index contributed by atoms with van der Waals surface area (Å²) in [6, 6.07) is 1.66. The number of nitrogens with one attached hydrogen (secondary N) is 1. The number of aliphatic hydroxyl groups is 1. The highest BCUT2D eigenvalue weighted by atomic mass is 16.8. The van der Waals surface area contributed by atoms with E-state index in [1.165, 1.54) is 17.2 Å². The summed E-state index contributed by atoms with van der Waals surface area (Å²) < 4.78 is 20.7. The molecular formula is C13H14N4O8. The first-order valence-electron chi connectivity index (χ1n) is 7.20. The SMILES string of the molecule is N#CCC(=O)OC[C@H]1O[C@@H](N2C=CC(NO)=NC2O)[C@@H]2OC(=O)O[C@@H]21. The van der Waals surface area contributed by atoms with Crippen molar-refractivity contribution in [3.05, 3.63) is 12.3 Å². The molecule has 0 aromatic heterocycles. The number of rotatable bonds is 4. The lowest BCUT2D eigenvalue weighted by Crippen LogP contribution is -2.47. The van der Waals surface area contributed by atoms with Crippen LogP contribution in [0.4, 0.5) is 4.79 Å². The van der Waals surface area contributed by atoms with Crippen molar-refractivity contribution < 1.29 is 38.9 Å². The van der Waals surface area contributed by atoms with E-state index >= 15 is 0 Å². The number of aliphatic imine (C=N–C) groups is 1. The van der Waals surface area contributed by atoms with Crippen molar-refractivity contribution in [1.82, 2.24) is 10.4 Å². The number of esters is 1. The molecule has 12 nitrogen and oxygen atoms in total. The zero-order chi connectivity index (χ0) is 18.0. The molecule has 0 aromatic rings. The number of carbonyl (C=O) groups is 2. The topological polar surface area (TPSA) is 163 Å². The monoisotopic (exact) mass is 354 g/mol. The molecule has 25 heavy (non-hydrogen) atoms. The Hall–Kier alpha value is -2.88. The van der Waals surface area contributed by atoms with Gasteiger partial charge in [0.05, 0.1) is 6.07 Å². The number of hydrogen-bond acceptors (Lipinski definition) is 12. The summed E-state index contributed by atoms with van der Waals surface area (Å²) in [6.45, 7) is -0.255. The van der Waals surface area contributed by atoms with Crippen molar-refractivity contribution in [3.63, 3.8) is 0 Å². The number of hydrogen-bond donors (Lipinski definition) is 3. The number of aliphatic hydroxyl groups excluding tert-OH is 1. The molecule has 0 bridgehead atoms. The van der Waals surface area contributed by atoms with Crippen LogP contribution in [0.2, 0.25) is 0 Å². The molecule has 1 unspecified atom stereocenters. The van der Waals surface area contributed by atoms with E-state index in [-0.39, 0.29) is 12.4 Å². The van der Waals surface area contributed by atoms with Crippen LogP contribution in [0.5, 0.6) is 0 Å². The van der Waals surface area contributed by atoms with Gasteiger partial charge in [0.2, 0.25) is 6.35 Å². The van der Waals surface area contributed by atoms with Crippen LogP contribution < -0.4 is 5.48 Å². The van der Waals surface area contributed by atoms with E-state index in [2.05, 4.69) is 4.99 Å². The maximum Gasteiger partial charge on any atom is 0.509 e. The first kappa shape index (κ1) is 17.0. The lowest BCUT2D eigenvalue weighted by atomic mass is 10.1. The lowest BCUT2D eigenvalue weighted by Gasteiger charge is -2.33. The van der Waals surface area contributed by atoms with Crippen LogP contribution in [0.15, 0.2) is 17.3 Å². The summed E-state index contributed by atoms with van der Waals surface area (Å²) in [6.07, 6.45) is -3.52. The first-order chi connectivity index (χ1) is 12.0. The van der Waals surface area contributed by atoms with Crippen molar-refractivity contribution in [2.75, 3.05) is 6.61 Å². The Morgan fingerprint density at radius 1 is 1.48 bits per heavy atom. The van der Waals surface area contributed by atoms with Gasteiger partial charge >= 0.3 is 12.1 Å². The molecule has 3 aliphatic heterocycles. The second-order valence-electron chi connectivity index (χ2n) is 5.23. The van der Waals surface area contributed by atoms with Crippen LogP contribution in [0.1, 0.15) is 6.42 Å². The summed E-state index contributed by atoms with van der Waals surface area (Å²) in [5, 5.41) is 27.3. The highest BCUT2D eigenvalue weighted by Crippen LogP contribution is 2.35. The number of nitriles is 1. The Balaban J connectivity index is 1.70. The number of nitrogens with zero attached hydrogens (tertiary/aromatic N) is 3. The predicted molar refractivity (Wildman–Crippen MR) is 74.3 cm³/mol. The molecule has 3 aliphatic rings. The van der Waals surface area contributed by atoms with E-state index in [1.54, 1.807) is 11.5 Å². The molecule has 0 aromatic carbocycles. The highest BCUT2D eigenvalue weighted by molar-refractivity contribution is 5.92. The summed E-state index contributed by atoms with van der Waals surface area (Å²) in [5.41, 5.74) is 1.79. The Kier molecular flexibility index (Phi) is 4.70. The summed E-state index contributed by atoms with van der Waals surface area (Å²) in [4.78, 5) is 27.7. The number of fused-ring (bicyclic) bond motifs is 1. The van der Waals surface area contributed by atoms with Gasteiger partial charge in [0, 0.05) is 6.20 Å². The minimum Gasteiger partial charge on any atom is -0.462 e. The number of amidine groups is 1. The van der Waals surface area contributed by atoms with E-state index in [9.17, 15) is 14.7 Å². The number of carbonyl (C=O) groups excluding carboxylic acids is 2. The third-order valence-corrected chi connectivity index (χ3v) is 3.72. The normalized spacial score (nSPS) is 33.0. The van der Waals surface area contributed by atoms with Crippen LogP contribution in [0, 0.1) is 11.3 Å². The number of hydroxylamine groups is 1. The van der Waals surface area contributed by atoms with Gasteiger partial charge in [-0.3, -0.25) is 15.5 Å². The molecule has 2 saturated heterocycles. The molecule has 5 atom stereocenters. The van der Waals surface area contributed by atoms with E-state index < -0.39 is 49.4 Å². The molecule has 0 saturated carbocycles. The van der Waals surface area contributed by atoms with Gasteiger partial charge in [-0.05, 0) is 6.08 Å². The first-order valence-corrected chi connectivity index (χ1v) is 7.20. The minimum atomic E-state index is -1.41. The maximum atomic E-state index is 11.4. The Labute approximate surface area is 140 Å². The molecule has 2 fully saturated rings. The maximum absolute atomic E-state index is 11.4. The van der Waals surface area contributed by atoms with Gasteiger partial charge < -0.3 is 29.0 Å². The zero-order valence-electron chi connectivity index (χ0n) is 12.6. The average molecular weight is 354 g/mol. The second-order valence-corrected chi connectivity index (χ2v) is 5.23. The molecule has 3 N–H and O–H groups in total.